The molecule has 0 amide bonds. The molecule has 2 nitrogen and oxygen atoms in total. The fourth-order valence-corrected chi connectivity index (χ4v) is 3.20. The van der Waals surface area contributed by atoms with E-state index in [4.69, 9.17) is 5.73 Å². The Kier molecular flexibility index (Phi) is 4.81. The zero-order valence-corrected chi connectivity index (χ0v) is 12.6. The first-order valence-electron chi connectivity index (χ1n) is 7.43. The Morgan fingerprint density at radius 3 is 2.62 bits per heavy atom. The van der Waals surface area contributed by atoms with Gasteiger partial charge in [0.15, 0.2) is 0 Å². The minimum Gasteiger partial charge on any atom is -0.399 e. The molecular weight excluding hydrogens is 277 g/mol. The van der Waals surface area contributed by atoms with Gasteiger partial charge in [-0.3, -0.25) is 4.90 Å². The molecule has 21 heavy (non-hydrogen) atoms. The average Bonchev–Trinajstić information content (AvgIpc) is 2.39. The van der Waals surface area contributed by atoms with Crippen LogP contribution in [-0.2, 0) is 12.7 Å². The number of halogens is 3. The second kappa shape index (κ2) is 6.26. The summed E-state index contributed by atoms with van der Waals surface area (Å²) in [5.74, 6) is 0.653. The van der Waals surface area contributed by atoms with Crippen LogP contribution in [0.15, 0.2) is 18.2 Å². The summed E-state index contributed by atoms with van der Waals surface area (Å²) >= 11 is 0. The minimum absolute atomic E-state index is 0.153. The van der Waals surface area contributed by atoms with Crippen LogP contribution in [0.5, 0.6) is 0 Å². The monoisotopic (exact) mass is 300 g/mol. The van der Waals surface area contributed by atoms with E-state index in [2.05, 4.69) is 11.8 Å². The number of anilines is 1. The number of nitrogen functional groups attached to an aromatic ring is 1. The van der Waals surface area contributed by atoms with Gasteiger partial charge in [0.2, 0.25) is 0 Å². The molecule has 0 saturated heterocycles. The molecule has 0 heterocycles. The number of hydrogen-bond acceptors (Lipinski definition) is 2. The standard InChI is InChI=1S/C16H23F3N2/c1-11-4-3-5-14(8-11)21(2)10-12-6-7-13(20)9-15(12)16(17,18)19/h6-7,9,11,14H,3-5,8,10,20H2,1-2H3. The molecule has 0 radical (unpaired) electrons. The predicted molar refractivity (Wildman–Crippen MR) is 78.7 cm³/mol. The molecule has 2 atom stereocenters. The van der Waals surface area contributed by atoms with Crippen molar-refractivity contribution in [2.24, 2.45) is 5.92 Å². The van der Waals surface area contributed by atoms with E-state index in [1.165, 1.54) is 12.5 Å². The van der Waals surface area contributed by atoms with Gasteiger partial charge in [-0.1, -0.05) is 25.8 Å². The van der Waals surface area contributed by atoms with Gasteiger partial charge in [0, 0.05) is 18.3 Å². The maximum atomic E-state index is 13.1. The highest BCUT2D eigenvalue weighted by molar-refractivity contribution is 5.46. The number of hydrogen-bond donors (Lipinski definition) is 1. The van der Waals surface area contributed by atoms with Crippen molar-refractivity contribution >= 4 is 5.69 Å². The number of alkyl halides is 3. The Labute approximate surface area is 124 Å². The fraction of sp³-hybridized carbons (Fsp3) is 0.625. The molecule has 1 aliphatic rings. The second-order valence-electron chi connectivity index (χ2n) is 6.26. The Hall–Kier alpha value is -1.23. The highest BCUT2D eigenvalue weighted by Crippen LogP contribution is 2.35. The zero-order chi connectivity index (χ0) is 15.6. The van der Waals surface area contributed by atoms with Crippen LogP contribution in [-0.4, -0.2) is 18.0 Å². The van der Waals surface area contributed by atoms with Crippen LogP contribution in [0.2, 0.25) is 0 Å². The van der Waals surface area contributed by atoms with Gasteiger partial charge in [-0.05, 0) is 43.5 Å². The lowest BCUT2D eigenvalue weighted by Crippen LogP contribution is -2.35. The van der Waals surface area contributed by atoms with E-state index >= 15 is 0 Å². The van der Waals surface area contributed by atoms with Crippen LogP contribution in [0.3, 0.4) is 0 Å². The van der Waals surface area contributed by atoms with Crippen molar-refractivity contribution in [3.05, 3.63) is 29.3 Å². The molecule has 5 heteroatoms. The Bertz CT molecular complexity index is 485. The van der Waals surface area contributed by atoms with Crippen molar-refractivity contribution in [1.29, 1.82) is 0 Å². The summed E-state index contributed by atoms with van der Waals surface area (Å²) in [6.45, 7) is 2.52. The van der Waals surface area contributed by atoms with Crippen LogP contribution in [0.4, 0.5) is 18.9 Å². The maximum Gasteiger partial charge on any atom is 0.416 e. The molecule has 118 valence electrons. The first-order chi connectivity index (χ1) is 9.77. The maximum absolute atomic E-state index is 13.1. The summed E-state index contributed by atoms with van der Waals surface area (Å²) in [5, 5.41) is 0. The average molecular weight is 300 g/mol. The summed E-state index contributed by atoms with van der Waals surface area (Å²) in [6.07, 6.45) is 0.152. The summed E-state index contributed by atoms with van der Waals surface area (Å²) in [5.41, 5.74) is 5.35. The third-order valence-electron chi connectivity index (χ3n) is 4.39. The molecule has 1 fully saturated rings. The normalized spacial score (nSPS) is 23.5. The first-order valence-corrected chi connectivity index (χ1v) is 7.43. The van der Waals surface area contributed by atoms with E-state index < -0.39 is 11.7 Å². The largest absolute Gasteiger partial charge is 0.416 e. The SMILES string of the molecule is CC1CCCC(N(C)Cc2ccc(N)cc2C(F)(F)F)C1. The lowest BCUT2D eigenvalue weighted by Gasteiger charge is -2.34. The van der Waals surface area contributed by atoms with Gasteiger partial charge in [0.25, 0.3) is 0 Å². The quantitative estimate of drug-likeness (QED) is 0.843. The molecule has 1 aliphatic carbocycles. The van der Waals surface area contributed by atoms with E-state index in [0.717, 1.165) is 25.3 Å². The number of rotatable bonds is 3. The van der Waals surface area contributed by atoms with Crippen molar-refractivity contribution in [2.45, 2.75) is 51.4 Å². The number of nitrogens with zero attached hydrogens (tertiary/aromatic N) is 1. The van der Waals surface area contributed by atoms with Gasteiger partial charge >= 0.3 is 6.18 Å². The molecular formula is C16H23F3N2. The summed E-state index contributed by atoms with van der Waals surface area (Å²) in [7, 11) is 1.92. The van der Waals surface area contributed by atoms with Crippen molar-refractivity contribution in [1.82, 2.24) is 4.90 Å². The van der Waals surface area contributed by atoms with Crippen LogP contribution >= 0.6 is 0 Å². The summed E-state index contributed by atoms with van der Waals surface area (Å²) in [6, 6.07) is 4.45. The van der Waals surface area contributed by atoms with Gasteiger partial charge < -0.3 is 5.73 Å². The van der Waals surface area contributed by atoms with Crippen molar-refractivity contribution in [2.75, 3.05) is 12.8 Å². The van der Waals surface area contributed by atoms with E-state index in [1.807, 2.05) is 7.05 Å². The predicted octanol–water partition coefficient (Wildman–Crippen LogP) is 4.30. The van der Waals surface area contributed by atoms with Crippen molar-refractivity contribution in [3.8, 4) is 0 Å². The molecule has 1 saturated carbocycles. The Balaban J connectivity index is 2.15. The summed E-state index contributed by atoms with van der Waals surface area (Å²) < 4.78 is 39.3. The molecule has 2 unspecified atom stereocenters. The lowest BCUT2D eigenvalue weighted by atomic mass is 9.86. The Morgan fingerprint density at radius 2 is 2.00 bits per heavy atom. The third-order valence-corrected chi connectivity index (χ3v) is 4.39. The van der Waals surface area contributed by atoms with Gasteiger partial charge in [-0.2, -0.15) is 13.2 Å². The van der Waals surface area contributed by atoms with Crippen LogP contribution in [0.25, 0.3) is 0 Å². The van der Waals surface area contributed by atoms with Crippen LogP contribution in [0, 0.1) is 5.92 Å². The molecule has 2 N–H and O–H groups in total. The third kappa shape index (κ3) is 4.13. The smallest absolute Gasteiger partial charge is 0.399 e. The first kappa shape index (κ1) is 16.1. The van der Waals surface area contributed by atoms with E-state index in [9.17, 15) is 13.2 Å². The minimum atomic E-state index is -4.36. The van der Waals surface area contributed by atoms with E-state index in [-0.39, 0.29) is 5.69 Å². The van der Waals surface area contributed by atoms with Gasteiger partial charge in [-0.15, -0.1) is 0 Å². The van der Waals surface area contributed by atoms with Crippen molar-refractivity contribution < 1.29 is 13.2 Å². The lowest BCUT2D eigenvalue weighted by molar-refractivity contribution is -0.138. The molecule has 1 aromatic rings. The highest BCUT2D eigenvalue weighted by Gasteiger charge is 2.34. The van der Waals surface area contributed by atoms with Gasteiger partial charge in [0.05, 0.1) is 5.56 Å². The topological polar surface area (TPSA) is 29.3 Å². The van der Waals surface area contributed by atoms with E-state index in [1.54, 1.807) is 6.07 Å². The molecule has 1 aromatic carbocycles. The fourth-order valence-electron chi connectivity index (χ4n) is 3.20. The van der Waals surface area contributed by atoms with Gasteiger partial charge in [-0.25, -0.2) is 0 Å². The van der Waals surface area contributed by atoms with Gasteiger partial charge in [0.1, 0.15) is 0 Å². The molecule has 0 spiro atoms. The second-order valence-corrected chi connectivity index (χ2v) is 6.26. The summed E-state index contributed by atoms with van der Waals surface area (Å²) in [4.78, 5) is 2.05. The molecule has 2 rings (SSSR count). The number of benzene rings is 1. The highest BCUT2D eigenvalue weighted by atomic mass is 19.4. The van der Waals surface area contributed by atoms with Crippen LogP contribution < -0.4 is 5.73 Å². The Morgan fingerprint density at radius 1 is 1.29 bits per heavy atom. The molecule has 0 bridgehead atoms. The molecule has 0 aromatic heterocycles. The van der Waals surface area contributed by atoms with E-state index in [0.29, 0.717) is 24.1 Å². The van der Waals surface area contributed by atoms with Crippen molar-refractivity contribution in [3.63, 3.8) is 0 Å². The number of nitrogens with two attached hydrogens (primary N) is 1. The zero-order valence-electron chi connectivity index (χ0n) is 12.6. The van der Waals surface area contributed by atoms with Crippen LogP contribution in [0.1, 0.15) is 43.7 Å². The molecule has 0 aliphatic heterocycles.